The third-order valence-electron chi connectivity index (χ3n) is 2.67. The van der Waals surface area contributed by atoms with Gasteiger partial charge < -0.3 is 0 Å². The number of aromatic nitrogens is 3. The topological polar surface area (TPSA) is 32.6 Å². The van der Waals surface area contributed by atoms with E-state index in [0.29, 0.717) is 0 Å². The molecule has 3 aromatic rings. The lowest BCUT2D eigenvalue weighted by Gasteiger charge is -1.99. The highest BCUT2D eigenvalue weighted by Crippen LogP contribution is 2.14. The van der Waals surface area contributed by atoms with Gasteiger partial charge in [-0.15, -0.1) is 4.68 Å². The Balaban J connectivity index is 2.13. The molecule has 3 nitrogen and oxygen atoms in total. The standard InChI is InChI=1S/C14H11N3/c1-3-7-12(8-4-1)14-11-15-16-17(14)13-9-5-2-6-10-13/h1-11H/p+1. The Labute approximate surface area is 99.3 Å². The van der Waals surface area contributed by atoms with Crippen molar-refractivity contribution in [3.63, 3.8) is 0 Å². The van der Waals surface area contributed by atoms with E-state index in [1.165, 1.54) is 0 Å². The molecule has 17 heavy (non-hydrogen) atoms. The monoisotopic (exact) mass is 222 g/mol. The molecule has 0 amide bonds. The van der Waals surface area contributed by atoms with Gasteiger partial charge in [-0.1, -0.05) is 53.7 Å². The lowest BCUT2D eigenvalue weighted by molar-refractivity contribution is -0.648. The number of nitrogens with one attached hydrogen (secondary N) is 1. The first-order valence-corrected chi connectivity index (χ1v) is 5.51. The lowest BCUT2D eigenvalue weighted by atomic mass is 10.1. The molecule has 0 atom stereocenters. The quantitative estimate of drug-likeness (QED) is 0.663. The van der Waals surface area contributed by atoms with E-state index in [4.69, 9.17) is 0 Å². The molecule has 1 N–H and O–H groups in total. The molecule has 2 aromatic carbocycles. The van der Waals surface area contributed by atoms with Crippen molar-refractivity contribution in [2.45, 2.75) is 0 Å². The van der Waals surface area contributed by atoms with Gasteiger partial charge >= 0.3 is 0 Å². The van der Waals surface area contributed by atoms with Gasteiger partial charge in [-0.25, -0.2) is 0 Å². The summed E-state index contributed by atoms with van der Waals surface area (Å²) in [6, 6.07) is 20.3. The van der Waals surface area contributed by atoms with Crippen LogP contribution in [0.3, 0.4) is 0 Å². The molecule has 0 aliphatic rings. The zero-order valence-corrected chi connectivity index (χ0v) is 9.25. The second-order valence-corrected chi connectivity index (χ2v) is 3.78. The fraction of sp³-hybridized carbons (Fsp3) is 0. The first-order chi connectivity index (χ1) is 8.45. The summed E-state index contributed by atoms with van der Waals surface area (Å²) >= 11 is 0. The molecule has 0 aliphatic heterocycles. The number of rotatable bonds is 2. The smallest absolute Gasteiger partial charge is 0.120 e. The minimum absolute atomic E-state index is 1.05. The minimum Gasteiger partial charge on any atom is -0.120 e. The highest BCUT2D eigenvalue weighted by Gasteiger charge is 2.14. The van der Waals surface area contributed by atoms with Gasteiger partial charge in [0.2, 0.25) is 11.9 Å². The van der Waals surface area contributed by atoms with E-state index >= 15 is 0 Å². The van der Waals surface area contributed by atoms with Gasteiger partial charge in [0.1, 0.15) is 0 Å². The average Bonchev–Trinajstić information content (AvgIpc) is 2.90. The molecule has 0 unspecified atom stereocenters. The van der Waals surface area contributed by atoms with Crippen LogP contribution in [-0.4, -0.2) is 10.3 Å². The summed E-state index contributed by atoms with van der Waals surface area (Å²) in [6.07, 6.45) is 1.84. The van der Waals surface area contributed by atoms with Gasteiger partial charge in [-0.2, -0.15) is 0 Å². The maximum atomic E-state index is 4.11. The lowest BCUT2D eigenvalue weighted by Crippen LogP contribution is -2.34. The summed E-state index contributed by atoms with van der Waals surface area (Å²) in [5.41, 5.74) is 3.27. The van der Waals surface area contributed by atoms with Crippen LogP contribution in [0.25, 0.3) is 16.9 Å². The summed E-state index contributed by atoms with van der Waals surface area (Å²) < 4.78 is 1.97. The van der Waals surface area contributed by atoms with Crippen molar-refractivity contribution in [1.29, 1.82) is 0 Å². The molecule has 0 fully saturated rings. The Kier molecular flexibility index (Phi) is 2.43. The number of hydrogen-bond acceptors (Lipinski definition) is 1. The van der Waals surface area contributed by atoms with Crippen LogP contribution in [0.4, 0.5) is 0 Å². The minimum atomic E-state index is 1.05. The molecular formula is C14H12N3+. The van der Waals surface area contributed by atoms with Gasteiger partial charge in [0, 0.05) is 10.7 Å². The number of benzene rings is 2. The zero-order chi connectivity index (χ0) is 11.5. The normalized spacial score (nSPS) is 10.4. The van der Waals surface area contributed by atoms with Crippen LogP contribution in [0.15, 0.2) is 66.9 Å². The summed E-state index contributed by atoms with van der Waals surface area (Å²) in [5.74, 6) is 0. The van der Waals surface area contributed by atoms with Crippen LogP contribution in [0, 0.1) is 0 Å². The van der Waals surface area contributed by atoms with E-state index in [1.807, 2.05) is 59.4 Å². The highest BCUT2D eigenvalue weighted by atomic mass is 15.4. The third kappa shape index (κ3) is 1.83. The van der Waals surface area contributed by atoms with E-state index in [2.05, 4.69) is 22.4 Å². The maximum absolute atomic E-state index is 4.11. The van der Waals surface area contributed by atoms with Crippen molar-refractivity contribution in [2.24, 2.45) is 0 Å². The molecule has 3 rings (SSSR count). The summed E-state index contributed by atoms with van der Waals surface area (Å²) in [6.45, 7) is 0. The average molecular weight is 222 g/mol. The number of H-pyrrole nitrogens is 1. The van der Waals surface area contributed by atoms with Crippen molar-refractivity contribution in [3.8, 4) is 16.9 Å². The first-order valence-electron chi connectivity index (χ1n) is 5.51. The zero-order valence-electron chi connectivity index (χ0n) is 9.25. The molecular weight excluding hydrogens is 210 g/mol. The molecule has 0 radical (unpaired) electrons. The molecule has 82 valence electrons. The van der Waals surface area contributed by atoms with Gasteiger partial charge in [-0.05, 0) is 12.1 Å². The van der Waals surface area contributed by atoms with Crippen molar-refractivity contribution >= 4 is 0 Å². The Morgan fingerprint density at radius 1 is 0.824 bits per heavy atom. The molecule has 3 heteroatoms. The maximum Gasteiger partial charge on any atom is 0.214 e. The molecule has 0 spiro atoms. The van der Waals surface area contributed by atoms with Crippen LogP contribution in [0.2, 0.25) is 0 Å². The molecule has 0 aliphatic carbocycles. The van der Waals surface area contributed by atoms with Crippen LogP contribution >= 0.6 is 0 Å². The second kappa shape index (κ2) is 4.22. The highest BCUT2D eigenvalue weighted by molar-refractivity contribution is 5.55. The van der Waals surface area contributed by atoms with E-state index in [-0.39, 0.29) is 0 Å². The van der Waals surface area contributed by atoms with E-state index in [1.54, 1.807) is 0 Å². The van der Waals surface area contributed by atoms with Gasteiger partial charge in [0.25, 0.3) is 0 Å². The van der Waals surface area contributed by atoms with E-state index in [9.17, 15) is 0 Å². The van der Waals surface area contributed by atoms with Crippen molar-refractivity contribution < 1.29 is 4.68 Å². The van der Waals surface area contributed by atoms with Crippen LogP contribution in [0.1, 0.15) is 0 Å². The fourth-order valence-corrected chi connectivity index (χ4v) is 1.85. The Morgan fingerprint density at radius 2 is 1.47 bits per heavy atom. The van der Waals surface area contributed by atoms with Gasteiger partial charge in [-0.3, -0.25) is 0 Å². The number of hydrogen-bond donors (Lipinski definition) is 1. The van der Waals surface area contributed by atoms with Crippen molar-refractivity contribution in [2.75, 3.05) is 0 Å². The summed E-state index contributed by atoms with van der Waals surface area (Å²) in [7, 11) is 0. The molecule has 1 aromatic heterocycles. The SMILES string of the molecule is c1ccc(-c2cn[nH][n+]2-c2ccccc2)cc1. The Morgan fingerprint density at radius 3 is 2.18 bits per heavy atom. The molecule has 0 saturated heterocycles. The molecule has 0 saturated carbocycles. The predicted molar refractivity (Wildman–Crippen MR) is 65.6 cm³/mol. The second-order valence-electron chi connectivity index (χ2n) is 3.78. The number of aromatic amines is 1. The first kappa shape index (κ1) is 9.78. The molecule has 0 bridgehead atoms. The summed E-state index contributed by atoms with van der Waals surface area (Å²) in [5, 5.41) is 7.10. The van der Waals surface area contributed by atoms with Gasteiger partial charge in [0.05, 0.1) is 0 Å². The largest absolute Gasteiger partial charge is 0.214 e. The van der Waals surface area contributed by atoms with Crippen LogP contribution in [-0.2, 0) is 0 Å². The number of nitrogens with zero attached hydrogens (tertiary/aromatic N) is 2. The van der Waals surface area contributed by atoms with E-state index in [0.717, 1.165) is 16.9 Å². The predicted octanol–water partition coefficient (Wildman–Crippen LogP) is 2.35. The van der Waals surface area contributed by atoms with Crippen LogP contribution < -0.4 is 4.68 Å². The van der Waals surface area contributed by atoms with Crippen LogP contribution in [0.5, 0.6) is 0 Å². The van der Waals surface area contributed by atoms with Crippen molar-refractivity contribution in [3.05, 3.63) is 66.9 Å². The third-order valence-corrected chi connectivity index (χ3v) is 2.67. The fourth-order valence-electron chi connectivity index (χ4n) is 1.85. The summed E-state index contributed by atoms with van der Waals surface area (Å²) in [4.78, 5) is 0. The molecule has 1 heterocycles. The number of para-hydroxylation sites is 1. The Hall–Kier alpha value is -2.42. The van der Waals surface area contributed by atoms with E-state index < -0.39 is 0 Å². The van der Waals surface area contributed by atoms with Crippen molar-refractivity contribution in [1.82, 2.24) is 10.3 Å². The van der Waals surface area contributed by atoms with Gasteiger partial charge in [0.15, 0.2) is 5.69 Å². The Bertz CT molecular complexity index is 546.